The quantitative estimate of drug-likeness (QED) is 0.942. The first-order chi connectivity index (χ1) is 9.13. The average molecular weight is 298 g/mol. The monoisotopic (exact) mass is 297 g/mol. The number of rotatable bonds is 4. The van der Waals surface area contributed by atoms with Crippen molar-refractivity contribution in [3.05, 3.63) is 33.8 Å². The number of carbonyl (C=O) groups is 1. The fraction of sp³-hybridized carbons (Fsp3) is 0.250. The molecular weight excluding hydrogens is 286 g/mol. The number of methoxy groups -OCH3 is 1. The summed E-state index contributed by atoms with van der Waals surface area (Å²) in [6.45, 7) is 1.98. The zero-order valence-corrected chi connectivity index (χ0v) is 12.0. The SMILES string of the molecule is CCc1nnc(NC(=O)c2ccc(OC)c(Cl)c2)s1. The van der Waals surface area contributed by atoms with Crippen LogP contribution < -0.4 is 10.1 Å². The Morgan fingerprint density at radius 1 is 1.47 bits per heavy atom. The molecule has 19 heavy (non-hydrogen) atoms. The molecule has 0 saturated carbocycles. The van der Waals surface area contributed by atoms with E-state index >= 15 is 0 Å². The molecule has 0 spiro atoms. The molecule has 1 aromatic carbocycles. The second kappa shape index (κ2) is 5.99. The highest BCUT2D eigenvalue weighted by Gasteiger charge is 2.11. The van der Waals surface area contributed by atoms with Gasteiger partial charge in [-0.15, -0.1) is 10.2 Å². The lowest BCUT2D eigenvalue weighted by Gasteiger charge is -2.05. The molecule has 0 fully saturated rings. The Kier molecular flexibility index (Phi) is 4.34. The van der Waals surface area contributed by atoms with E-state index in [1.165, 1.54) is 18.4 Å². The normalized spacial score (nSPS) is 10.3. The smallest absolute Gasteiger partial charge is 0.257 e. The Hall–Kier alpha value is -1.66. The number of anilines is 1. The minimum absolute atomic E-state index is 0.275. The molecular formula is C12H12ClN3O2S. The van der Waals surface area contributed by atoms with Gasteiger partial charge in [0.15, 0.2) is 0 Å². The van der Waals surface area contributed by atoms with E-state index in [0.717, 1.165) is 11.4 Å². The number of hydrogen-bond acceptors (Lipinski definition) is 5. The summed E-state index contributed by atoms with van der Waals surface area (Å²) in [6, 6.07) is 4.84. The molecule has 1 amide bonds. The van der Waals surface area contributed by atoms with Crippen LogP contribution in [0.1, 0.15) is 22.3 Å². The molecule has 1 N–H and O–H groups in total. The summed E-state index contributed by atoms with van der Waals surface area (Å²) in [4.78, 5) is 12.0. The molecule has 0 radical (unpaired) electrons. The van der Waals surface area contributed by atoms with Crippen LogP contribution in [-0.2, 0) is 6.42 Å². The maximum atomic E-state index is 12.0. The predicted molar refractivity (Wildman–Crippen MR) is 75.2 cm³/mol. The van der Waals surface area contributed by atoms with Crippen LogP contribution in [-0.4, -0.2) is 23.2 Å². The van der Waals surface area contributed by atoms with E-state index in [4.69, 9.17) is 16.3 Å². The summed E-state index contributed by atoms with van der Waals surface area (Å²) in [6.07, 6.45) is 0.794. The van der Waals surface area contributed by atoms with Crippen molar-refractivity contribution < 1.29 is 9.53 Å². The summed E-state index contributed by atoms with van der Waals surface area (Å²) < 4.78 is 5.03. The third kappa shape index (κ3) is 3.21. The molecule has 1 heterocycles. The third-order valence-corrected chi connectivity index (χ3v) is 3.68. The van der Waals surface area contributed by atoms with Crippen LogP contribution in [0.25, 0.3) is 0 Å². The van der Waals surface area contributed by atoms with Crippen molar-refractivity contribution in [1.29, 1.82) is 0 Å². The van der Waals surface area contributed by atoms with Crippen LogP contribution in [0.3, 0.4) is 0 Å². The van der Waals surface area contributed by atoms with Gasteiger partial charge in [-0.3, -0.25) is 10.1 Å². The van der Waals surface area contributed by atoms with Gasteiger partial charge in [-0.25, -0.2) is 0 Å². The van der Waals surface area contributed by atoms with Crippen LogP contribution in [0, 0.1) is 0 Å². The summed E-state index contributed by atoms with van der Waals surface area (Å²) in [5, 5.41) is 12.3. The van der Waals surface area contributed by atoms with Gasteiger partial charge in [0.1, 0.15) is 10.8 Å². The molecule has 7 heteroatoms. The predicted octanol–water partition coefficient (Wildman–Crippen LogP) is 3.01. The van der Waals surface area contributed by atoms with Gasteiger partial charge < -0.3 is 4.74 Å². The number of carbonyl (C=O) groups excluding carboxylic acids is 1. The minimum atomic E-state index is -0.275. The molecule has 100 valence electrons. The molecule has 0 bridgehead atoms. The lowest BCUT2D eigenvalue weighted by atomic mass is 10.2. The molecule has 5 nitrogen and oxygen atoms in total. The minimum Gasteiger partial charge on any atom is -0.495 e. The second-order valence-corrected chi connectivity index (χ2v) is 5.13. The van der Waals surface area contributed by atoms with E-state index in [9.17, 15) is 4.79 Å². The first-order valence-electron chi connectivity index (χ1n) is 5.61. The number of nitrogens with one attached hydrogen (secondary N) is 1. The fourth-order valence-corrected chi connectivity index (χ4v) is 2.36. The molecule has 2 aromatic rings. The molecule has 0 aliphatic carbocycles. The number of aryl methyl sites for hydroxylation is 1. The van der Waals surface area contributed by atoms with Crippen molar-refractivity contribution >= 4 is 34.0 Å². The maximum Gasteiger partial charge on any atom is 0.257 e. The number of amides is 1. The van der Waals surface area contributed by atoms with E-state index in [1.54, 1.807) is 18.2 Å². The number of hydrogen-bond donors (Lipinski definition) is 1. The van der Waals surface area contributed by atoms with E-state index in [1.807, 2.05) is 6.92 Å². The van der Waals surface area contributed by atoms with Crippen molar-refractivity contribution in [2.45, 2.75) is 13.3 Å². The van der Waals surface area contributed by atoms with E-state index < -0.39 is 0 Å². The van der Waals surface area contributed by atoms with Crippen LogP contribution in [0.15, 0.2) is 18.2 Å². The van der Waals surface area contributed by atoms with Gasteiger partial charge in [0.25, 0.3) is 5.91 Å². The molecule has 0 saturated heterocycles. The average Bonchev–Trinajstić information content (AvgIpc) is 2.86. The second-order valence-electron chi connectivity index (χ2n) is 3.66. The Balaban J connectivity index is 2.13. The molecule has 0 unspecified atom stereocenters. The van der Waals surface area contributed by atoms with Crippen LogP contribution in [0.4, 0.5) is 5.13 Å². The lowest BCUT2D eigenvalue weighted by molar-refractivity contribution is 0.102. The first-order valence-corrected chi connectivity index (χ1v) is 6.80. The summed E-state index contributed by atoms with van der Waals surface area (Å²) in [5.41, 5.74) is 0.444. The Morgan fingerprint density at radius 3 is 2.84 bits per heavy atom. The Morgan fingerprint density at radius 2 is 2.26 bits per heavy atom. The highest BCUT2D eigenvalue weighted by Crippen LogP contribution is 2.25. The topological polar surface area (TPSA) is 64.1 Å². The van der Waals surface area contributed by atoms with Gasteiger partial charge >= 0.3 is 0 Å². The zero-order valence-electron chi connectivity index (χ0n) is 10.4. The number of benzene rings is 1. The molecule has 0 atom stereocenters. The van der Waals surface area contributed by atoms with E-state index in [2.05, 4.69) is 15.5 Å². The Labute approximate surface area is 119 Å². The number of nitrogens with zero attached hydrogens (tertiary/aromatic N) is 2. The highest BCUT2D eigenvalue weighted by molar-refractivity contribution is 7.15. The van der Waals surface area contributed by atoms with E-state index in [-0.39, 0.29) is 5.91 Å². The number of ether oxygens (including phenoxy) is 1. The largest absolute Gasteiger partial charge is 0.495 e. The van der Waals surface area contributed by atoms with Crippen LogP contribution >= 0.6 is 22.9 Å². The van der Waals surface area contributed by atoms with Gasteiger partial charge in [0.05, 0.1) is 12.1 Å². The fourth-order valence-electron chi connectivity index (χ4n) is 1.42. The van der Waals surface area contributed by atoms with Crippen molar-refractivity contribution in [3.63, 3.8) is 0 Å². The molecule has 2 rings (SSSR count). The summed E-state index contributed by atoms with van der Waals surface area (Å²) >= 11 is 7.33. The lowest BCUT2D eigenvalue weighted by Crippen LogP contribution is -2.11. The van der Waals surface area contributed by atoms with E-state index in [0.29, 0.717) is 21.5 Å². The van der Waals surface area contributed by atoms with Gasteiger partial charge in [-0.2, -0.15) is 0 Å². The highest BCUT2D eigenvalue weighted by atomic mass is 35.5. The van der Waals surface area contributed by atoms with Crippen molar-refractivity contribution in [1.82, 2.24) is 10.2 Å². The number of aromatic nitrogens is 2. The standard InChI is InChI=1S/C12H12ClN3O2S/c1-3-10-15-16-12(19-10)14-11(17)7-4-5-9(18-2)8(13)6-7/h4-6H,3H2,1-2H3,(H,14,16,17). The van der Waals surface area contributed by atoms with Gasteiger partial charge in [-0.05, 0) is 24.6 Å². The maximum absolute atomic E-state index is 12.0. The molecule has 1 aromatic heterocycles. The molecule has 0 aliphatic rings. The molecule has 0 aliphatic heterocycles. The van der Waals surface area contributed by atoms with Crippen LogP contribution in [0.2, 0.25) is 5.02 Å². The van der Waals surface area contributed by atoms with Gasteiger partial charge in [0, 0.05) is 5.56 Å². The third-order valence-electron chi connectivity index (χ3n) is 2.40. The summed E-state index contributed by atoms with van der Waals surface area (Å²) in [5.74, 6) is 0.255. The van der Waals surface area contributed by atoms with Gasteiger partial charge in [-0.1, -0.05) is 29.9 Å². The van der Waals surface area contributed by atoms with Crippen LogP contribution in [0.5, 0.6) is 5.75 Å². The van der Waals surface area contributed by atoms with Crippen molar-refractivity contribution in [2.24, 2.45) is 0 Å². The summed E-state index contributed by atoms with van der Waals surface area (Å²) in [7, 11) is 1.52. The zero-order chi connectivity index (χ0) is 13.8. The Bertz CT molecular complexity index is 600. The van der Waals surface area contributed by atoms with Crippen molar-refractivity contribution in [2.75, 3.05) is 12.4 Å². The van der Waals surface area contributed by atoms with Gasteiger partial charge in [0.2, 0.25) is 5.13 Å². The van der Waals surface area contributed by atoms with Crippen molar-refractivity contribution in [3.8, 4) is 5.75 Å². The first kappa shape index (κ1) is 13.8. The number of halogens is 1.